The first-order valence-corrected chi connectivity index (χ1v) is 9.47. The van der Waals surface area contributed by atoms with Gasteiger partial charge in [-0.3, -0.25) is 19.3 Å². The number of Topliss-reactive ketones (excluding diaryl/α,β-unsaturated/α-hetero) is 2. The van der Waals surface area contributed by atoms with Crippen LogP contribution in [0.5, 0.6) is 5.75 Å². The minimum Gasteiger partial charge on any atom is -0.510 e. The van der Waals surface area contributed by atoms with Crippen LogP contribution in [-0.4, -0.2) is 68.5 Å². The Hall–Kier alpha value is -2.88. The van der Waals surface area contributed by atoms with E-state index in [1.54, 1.807) is 26.2 Å². The molecule has 0 aromatic heterocycles. The maximum atomic E-state index is 13.1. The summed E-state index contributed by atoms with van der Waals surface area (Å²) in [5.41, 5.74) is 2.31. The molecule has 3 aliphatic rings. The minimum absolute atomic E-state index is 0. The molecule has 10 heteroatoms. The summed E-state index contributed by atoms with van der Waals surface area (Å²) in [4.78, 5) is 39.6. The molecule has 9 nitrogen and oxygen atoms in total. The molecule has 0 saturated carbocycles. The molecule has 31 heavy (non-hydrogen) atoms. The number of aliphatic hydroxyl groups is 3. The fourth-order valence-corrected chi connectivity index (χ4v) is 5.19. The van der Waals surface area contributed by atoms with Crippen LogP contribution in [-0.2, 0) is 16.0 Å². The summed E-state index contributed by atoms with van der Waals surface area (Å²) < 4.78 is 0. The largest absolute Gasteiger partial charge is 0.510 e. The van der Waals surface area contributed by atoms with Gasteiger partial charge in [-0.15, -0.1) is 12.4 Å². The third-order valence-electron chi connectivity index (χ3n) is 6.46. The average molecular weight is 451 g/mol. The van der Waals surface area contributed by atoms with Crippen molar-refractivity contribution in [2.24, 2.45) is 17.6 Å². The van der Waals surface area contributed by atoms with Crippen LogP contribution >= 0.6 is 12.4 Å². The van der Waals surface area contributed by atoms with Crippen LogP contribution in [0.1, 0.15) is 22.3 Å². The maximum Gasteiger partial charge on any atom is 0.255 e. The zero-order valence-electron chi connectivity index (χ0n) is 16.8. The van der Waals surface area contributed by atoms with Crippen molar-refractivity contribution in [1.82, 2.24) is 4.90 Å². The second-order valence-corrected chi connectivity index (χ2v) is 8.27. The Kier molecular flexibility index (Phi) is 5.42. The van der Waals surface area contributed by atoms with E-state index < -0.39 is 58.0 Å². The zero-order valence-corrected chi connectivity index (χ0v) is 17.6. The topological polar surface area (TPSA) is 161 Å². The Morgan fingerprint density at radius 2 is 1.84 bits per heavy atom. The molecular formula is C21H23ClN2O7. The fourth-order valence-electron chi connectivity index (χ4n) is 5.19. The Labute approximate surface area is 183 Å². The number of carbonyl (C=O) groups excluding carboxylic acids is 3. The molecule has 1 aromatic carbocycles. The van der Waals surface area contributed by atoms with Gasteiger partial charge in [0.15, 0.2) is 11.4 Å². The second-order valence-electron chi connectivity index (χ2n) is 8.27. The molecule has 0 heterocycles. The van der Waals surface area contributed by atoms with E-state index in [2.05, 4.69) is 0 Å². The smallest absolute Gasteiger partial charge is 0.255 e. The van der Waals surface area contributed by atoms with Gasteiger partial charge in [-0.1, -0.05) is 12.1 Å². The highest BCUT2D eigenvalue weighted by atomic mass is 35.5. The number of aromatic hydroxyl groups is 1. The van der Waals surface area contributed by atoms with Crippen LogP contribution in [0, 0.1) is 11.8 Å². The number of primary amides is 1. The van der Waals surface area contributed by atoms with Crippen LogP contribution < -0.4 is 5.73 Å². The summed E-state index contributed by atoms with van der Waals surface area (Å²) in [6.07, 6.45) is 0.379. The third kappa shape index (κ3) is 2.88. The standard InChI is InChI=1S/C21H22N2O7.ClH/c1-23(2)15-10-7-9-6-8-4-3-5-11(24)12(8)16(25)13(9)18(27)21(10,30)19(28)14(17(15)26)20(22)29;/h3-5,9-10,15,24,26-27,30H,6-7H2,1-2H3,(H2,22,29);1H. The number of allylic oxidation sites excluding steroid dienone is 1. The number of amides is 1. The number of carbonyl (C=O) groups is 3. The van der Waals surface area contributed by atoms with Gasteiger partial charge < -0.3 is 26.2 Å². The number of hydrogen-bond donors (Lipinski definition) is 5. The lowest BCUT2D eigenvalue weighted by atomic mass is 9.58. The Balaban J connectivity index is 0.00000272. The average Bonchev–Trinajstić information content (AvgIpc) is 2.64. The van der Waals surface area contributed by atoms with Crippen LogP contribution in [0.3, 0.4) is 0 Å². The second kappa shape index (κ2) is 7.37. The lowest BCUT2D eigenvalue weighted by Crippen LogP contribution is -2.63. The maximum absolute atomic E-state index is 13.1. The molecule has 4 atom stereocenters. The van der Waals surface area contributed by atoms with E-state index in [4.69, 9.17) is 5.73 Å². The van der Waals surface area contributed by atoms with Crippen molar-refractivity contribution in [2.75, 3.05) is 14.1 Å². The van der Waals surface area contributed by atoms with E-state index >= 15 is 0 Å². The summed E-state index contributed by atoms with van der Waals surface area (Å²) in [6.45, 7) is 0. The van der Waals surface area contributed by atoms with Crippen molar-refractivity contribution in [3.63, 3.8) is 0 Å². The Morgan fingerprint density at radius 3 is 2.42 bits per heavy atom. The van der Waals surface area contributed by atoms with Gasteiger partial charge >= 0.3 is 0 Å². The van der Waals surface area contributed by atoms with Gasteiger partial charge in [-0.25, -0.2) is 0 Å². The molecule has 1 amide bonds. The first-order valence-electron chi connectivity index (χ1n) is 9.47. The highest BCUT2D eigenvalue weighted by Crippen LogP contribution is 2.52. The normalized spacial score (nSPS) is 29.9. The number of aliphatic hydroxyl groups excluding tert-OH is 2. The van der Waals surface area contributed by atoms with Crippen molar-refractivity contribution in [2.45, 2.75) is 24.5 Å². The van der Waals surface area contributed by atoms with E-state index in [0.29, 0.717) is 12.0 Å². The van der Waals surface area contributed by atoms with Gasteiger partial charge in [0.2, 0.25) is 5.78 Å². The summed E-state index contributed by atoms with van der Waals surface area (Å²) in [5.74, 6) is -6.42. The number of halogens is 1. The first-order chi connectivity index (χ1) is 14.0. The Morgan fingerprint density at radius 1 is 1.19 bits per heavy atom. The van der Waals surface area contributed by atoms with Crippen LogP contribution in [0.4, 0.5) is 0 Å². The van der Waals surface area contributed by atoms with E-state index in [9.17, 15) is 34.8 Å². The van der Waals surface area contributed by atoms with Crippen LogP contribution in [0.15, 0.2) is 40.9 Å². The van der Waals surface area contributed by atoms with E-state index in [0.717, 1.165) is 0 Å². The number of hydrogen-bond acceptors (Lipinski definition) is 8. The summed E-state index contributed by atoms with van der Waals surface area (Å²) in [5, 5.41) is 43.2. The van der Waals surface area contributed by atoms with Crippen molar-refractivity contribution in [3.05, 3.63) is 52.0 Å². The van der Waals surface area contributed by atoms with Crippen LogP contribution in [0.2, 0.25) is 0 Å². The molecule has 1 aromatic rings. The lowest BCUT2D eigenvalue weighted by Gasteiger charge is -2.50. The predicted molar refractivity (Wildman–Crippen MR) is 111 cm³/mol. The molecule has 0 spiro atoms. The van der Waals surface area contributed by atoms with E-state index in [1.165, 1.54) is 11.0 Å². The lowest BCUT2D eigenvalue weighted by molar-refractivity contribution is -0.148. The molecule has 0 radical (unpaired) electrons. The SMILES string of the molecule is CN(C)C1C(O)=C(C(N)=O)C(=O)C2(O)C(O)=C3C(=O)c4c(O)cccc4CC3CC12.Cl. The molecule has 4 rings (SSSR count). The molecule has 166 valence electrons. The molecule has 0 saturated heterocycles. The summed E-state index contributed by atoms with van der Waals surface area (Å²) in [7, 11) is 3.18. The quantitative estimate of drug-likeness (QED) is 0.408. The molecule has 0 fully saturated rings. The van der Waals surface area contributed by atoms with Crippen LogP contribution in [0.25, 0.3) is 0 Å². The molecule has 6 N–H and O–H groups in total. The van der Waals surface area contributed by atoms with Gasteiger partial charge in [-0.05, 0) is 44.5 Å². The molecule has 0 bridgehead atoms. The van der Waals surface area contributed by atoms with Gasteiger partial charge in [0.05, 0.1) is 11.6 Å². The number of nitrogens with two attached hydrogens (primary N) is 1. The van der Waals surface area contributed by atoms with Crippen molar-refractivity contribution < 1.29 is 34.8 Å². The van der Waals surface area contributed by atoms with Crippen molar-refractivity contribution in [3.8, 4) is 5.75 Å². The summed E-state index contributed by atoms with van der Waals surface area (Å²) in [6, 6.07) is 3.66. The third-order valence-corrected chi connectivity index (χ3v) is 6.46. The molecular weight excluding hydrogens is 428 g/mol. The highest BCUT2D eigenvalue weighted by molar-refractivity contribution is 6.24. The number of likely N-dealkylation sites (N-methyl/N-ethyl adjacent to an activating group) is 1. The molecule has 4 unspecified atom stereocenters. The highest BCUT2D eigenvalue weighted by Gasteiger charge is 2.63. The number of ketones is 2. The minimum atomic E-state index is -2.60. The van der Waals surface area contributed by atoms with E-state index in [1.807, 2.05) is 0 Å². The molecule has 0 aliphatic heterocycles. The number of benzene rings is 1. The number of rotatable bonds is 2. The van der Waals surface area contributed by atoms with Crippen molar-refractivity contribution in [1.29, 1.82) is 0 Å². The molecule has 3 aliphatic carbocycles. The van der Waals surface area contributed by atoms with Crippen molar-refractivity contribution >= 4 is 29.9 Å². The fraction of sp³-hybridized carbons (Fsp3) is 0.381. The predicted octanol–water partition coefficient (Wildman–Crippen LogP) is 0.542. The van der Waals surface area contributed by atoms with Gasteiger partial charge in [0, 0.05) is 11.5 Å². The number of fused-ring (bicyclic) bond motifs is 3. The monoisotopic (exact) mass is 450 g/mol. The Bertz CT molecular complexity index is 1080. The number of nitrogens with zero attached hydrogens (tertiary/aromatic N) is 1. The number of phenolic OH excluding ortho intramolecular Hbond substituents is 1. The van der Waals surface area contributed by atoms with Gasteiger partial charge in [0.25, 0.3) is 5.91 Å². The van der Waals surface area contributed by atoms with Gasteiger partial charge in [-0.2, -0.15) is 0 Å². The summed E-state index contributed by atoms with van der Waals surface area (Å²) >= 11 is 0. The zero-order chi connectivity index (χ0) is 22.1. The number of phenols is 1. The van der Waals surface area contributed by atoms with Gasteiger partial charge in [0.1, 0.15) is 22.8 Å². The van der Waals surface area contributed by atoms with E-state index in [-0.39, 0.29) is 35.7 Å². The first kappa shape index (κ1) is 22.8.